The minimum Gasteiger partial charge on any atom is -0.384 e. The van der Waals surface area contributed by atoms with Crippen LogP contribution in [0.3, 0.4) is 0 Å². The van der Waals surface area contributed by atoms with Crippen LogP contribution < -0.4 is 5.32 Å². The highest BCUT2D eigenvalue weighted by atomic mass is 32.2. The van der Waals surface area contributed by atoms with Crippen LogP contribution in [0.5, 0.6) is 0 Å². The van der Waals surface area contributed by atoms with Gasteiger partial charge in [-0.15, -0.1) is 0 Å². The molecule has 2 aliphatic heterocycles. The van der Waals surface area contributed by atoms with Crippen molar-refractivity contribution in [1.29, 1.82) is 0 Å². The standard InChI is InChI=1S/C15H20N2O3S/c1-11-10-21(19,20)7-6-17(11)15(18)8-12-9-16-14-5-3-2-4-13(12)14/h2-5,11-12,16H,6-10H2,1H3. The van der Waals surface area contributed by atoms with E-state index in [1.54, 1.807) is 4.90 Å². The summed E-state index contributed by atoms with van der Waals surface area (Å²) >= 11 is 0. The summed E-state index contributed by atoms with van der Waals surface area (Å²) in [6.45, 7) is 2.91. The fraction of sp³-hybridized carbons (Fsp3) is 0.533. The Bertz CT molecular complexity index is 657. The highest BCUT2D eigenvalue weighted by Crippen LogP contribution is 2.33. The SMILES string of the molecule is CC1CS(=O)(=O)CCN1C(=O)CC1CNc2ccccc21. The molecule has 1 saturated heterocycles. The van der Waals surface area contributed by atoms with E-state index in [1.165, 1.54) is 5.56 Å². The van der Waals surface area contributed by atoms with E-state index < -0.39 is 9.84 Å². The minimum atomic E-state index is -2.98. The molecule has 1 N–H and O–H groups in total. The molecule has 1 fully saturated rings. The summed E-state index contributed by atoms with van der Waals surface area (Å²) in [6.07, 6.45) is 0.439. The highest BCUT2D eigenvalue weighted by Gasteiger charge is 2.33. The Hall–Kier alpha value is -1.56. The van der Waals surface area contributed by atoms with Crippen molar-refractivity contribution in [3.05, 3.63) is 29.8 Å². The number of benzene rings is 1. The Labute approximate surface area is 125 Å². The first-order valence-corrected chi connectivity index (χ1v) is 9.11. The van der Waals surface area contributed by atoms with Crippen LogP contribution in [0.4, 0.5) is 5.69 Å². The third-order valence-corrected chi connectivity index (χ3v) is 6.15. The van der Waals surface area contributed by atoms with Gasteiger partial charge in [0.25, 0.3) is 0 Å². The Morgan fingerprint density at radius 2 is 2.14 bits per heavy atom. The van der Waals surface area contributed by atoms with Crippen LogP contribution in [0.2, 0.25) is 0 Å². The summed E-state index contributed by atoms with van der Waals surface area (Å²) in [6, 6.07) is 7.82. The normalized spacial score (nSPS) is 27.0. The summed E-state index contributed by atoms with van der Waals surface area (Å²) in [5.74, 6) is 0.404. The lowest BCUT2D eigenvalue weighted by Gasteiger charge is -2.33. The van der Waals surface area contributed by atoms with Gasteiger partial charge >= 0.3 is 0 Å². The lowest BCUT2D eigenvalue weighted by molar-refractivity contribution is -0.133. The molecule has 0 aromatic heterocycles. The predicted octanol–water partition coefficient (Wildman–Crippen LogP) is 1.23. The molecule has 0 spiro atoms. The third kappa shape index (κ3) is 2.90. The first-order valence-electron chi connectivity index (χ1n) is 7.29. The van der Waals surface area contributed by atoms with Gasteiger partial charge in [-0.1, -0.05) is 18.2 Å². The number of hydrogen-bond acceptors (Lipinski definition) is 4. The smallest absolute Gasteiger partial charge is 0.223 e. The summed E-state index contributed by atoms with van der Waals surface area (Å²) in [5.41, 5.74) is 2.28. The maximum atomic E-state index is 12.5. The van der Waals surface area contributed by atoms with Crippen molar-refractivity contribution in [3.8, 4) is 0 Å². The van der Waals surface area contributed by atoms with Gasteiger partial charge in [0.1, 0.15) is 0 Å². The number of carbonyl (C=O) groups is 1. The van der Waals surface area contributed by atoms with E-state index in [4.69, 9.17) is 0 Å². The van der Waals surface area contributed by atoms with Gasteiger partial charge in [-0.05, 0) is 18.6 Å². The average Bonchev–Trinajstić information content (AvgIpc) is 2.81. The van der Waals surface area contributed by atoms with Crippen molar-refractivity contribution in [3.63, 3.8) is 0 Å². The van der Waals surface area contributed by atoms with Crippen LogP contribution in [-0.4, -0.2) is 49.9 Å². The van der Waals surface area contributed by atoms with Crippen molar-refractivity contribution in [2.75, 3.05) is 29.9 Å². The van der Waals surface area contributed by atoms with Gasteiger partial charge in [-0.2, -0.15) is 0 Å². The van der Waals surface area contributed by atoms with E-state index >= 15 is 0 Å². The molecule has 1 aromatic carbocycles. The predicted molar refractivity (Wildman–Crippen MR) is 82.1 cm³/mol. The molecule has 5 nitrogen and oxygen atoms in total. The summed E-state index contributed by atoms with van der Waals surface area (Å²) in [5, 5.41) is 3.32. The zero-order valence-corrected chi connectivity index (χ0v) is 12.9. The number of nitrogens with one attached hydrogen (secondary N) is 1. The van der Waals surface area contributed by atoms with Crippen LogP contribution in [0.1, 0.15) is 24.8 Å². The number of carbonyl (C=O) groups excluding carboxylic acids is 1. The van der Waals surface area contributed by atoms with E-state index in [0.717, 1.165) is 12.2 Å². The van der Waals surface area contributed by atoms with Crippen molar-refractivity contribution >= 4 is 21.4 Å². The van der Waals surface area contributed by atoms with E-state index in [1.807, 2.05) is 25.1 Å². The summed E-state index contributed by atoms with van der Waals surface area (Å²) in [7, 11) is -2.98. The van der Waals surface area contributed by atoms with Crippen LogP contribution in [0, 0.1) is 0 Å². The first-order chi connectivity index (χ1) is 9.96. The Balaban J connectivity index is 1.68. The second kappa shape index (κ2) is 5.33. The van der Waals surface area contributed by atoms with E-state index in [2.05, 4.69) is 11.4 Å². The number of para-hydroxylation sites is 1. The van der Waals surface area contributed by atoms with Crippen molar-refractivity contribution in [2.24, 2.45) is 0 Å². The number of hydrogen-bond donors (Lipinski definition) is 1. The lowest BCUT2D eigenvalue weighted by atomic mass is 9.97. The van der Waals surface area contributed by atoms with E-state index in [0.29, 0.717) is 13.0 Å². The van der Waals surface area contributed by atoms with Crippen molar-refractivity contribution < 1.29 is 13.2 Å². The Morgan fingerprint density at radius 1 is 1.38 bits per heavy atom. The van der Waals surface area contributed by atoms with Crippen LogP contribution in [-0.2, 0) is 14.6 Å². The van der Waals surface area contributed by atoms with Gasteiger partial charge in [0.2, 0.25) is 5.91 Å². The van der Waals surface area contributed by atoms with Crippen LogP contribution in [0.15, 0.2) is 24.3 Å². The molecule has 1 aromatic rings. The van der Waals surface area contributed by atoms with Crippen molar-refractivity contribution in [1.82, 2.24) is 4.90 Å². The topological polar surface area (TPSA) is 66.5 Å². The zero-order chi connectivity index (χ0) is 15.0. The second-order valence-electron chi connectivity index (χ2n) is 5.92. The van der Waals surface area contributed by atoms with E-state index in [-0.39, 0.29) is 29.4 Å². The monoisotopic (exact) mass is 308 g/mol. The Morgan fingerprint density at radius 3 is 2.90 bits per heavy atom. The van der Waals surface area contributed by atoms with Crippen LogP contribution >= 0.6 is 0 Å². The molecule has 114 valence electrons. The second-order valence-corrected chi connectivity index (χ2v) is 8.15. The van der Waals surface area contributed by atoms with Gasteiger partial charge in [0, 0.05) is 37.2 Å². The number of amides is 1. The number of nitrogens with zero attached hydrogens (tertiary/aromatic N) is 1. The first kappa shape index (κ1) is 14.4. The van der Waals surface area contributed by atoms with Gasteiger partial charge in [0.15, 0.2) is 9.84 Å². The molecular formula is C15H20N2O3S. The quantitative estimate of drug-likeness (QED) is 0.892. The van der Waals surface area contributed by atoms with Gasteiger partial charge in [-0.25, -0.2) is 8.42 Å². The molecule has 0 bridgehead atoms. The molecule has 2 unspecified atom stereocenters. The fourth-order valence-corrected chi connectivity index (χ4v) is 4.79. The molecular weight excluding hydrogens is 288 g/mol. The van der Waals surface area contributed by atoms with Crippen LogP contribution in [0.25, 0.3) is 0 Å². The average molecular weight is 308 g/mol. The number of fused-ring (bicyclic) bond motifs is 1. The van der Waals surface area contributed by atoms with Crippen molar-refractivity contribution in [2.45, 2.75) is 25.3 Å². The van der Waals surface area contributed by atoms with E-state index in [9.17, 15) is 13.2 Å². The maximum absolute atomic E-state index is 12.5. The van der Waals surface area contributed by atoms with Gasteiger partial charge in [0.05, 0.1) is 11.5 Å². The molecule has 3 rings (SSSR count). The molecule has 1 amide bonds. The Kier molecular flexibility index (Phi) is 3.65. The minimum absolute atomic E-state index is 0.0564. The third-order valence-electron chi connectivity index (χ3n) is 4.35. The zero-order valence-electron chi connectivity index (χ0n) is 12.1. The van der Waals surface area contributed by atoms with Gasteiger partial charge in [-0.3, -0.25) is 4.79 Å². The fourth-order valence-electron chi connectivity index (χ4n) is 3.24. The number of sulfone groups is 1. The molecule has 0 radical (unpaired) electrons. The molecule has 2 atom stereocenters. The number of anilines is 1. The van der Waals surface area contributed by atoms with Gasteiger partial charge < -0.3 is 10.2 Å². The molecule has 6 heteroatoms. The molecule has 2 heterocycles. The highest BCUT2D eigenvalue weighted by molar-refractivity contribution is 7.91. The number of rotatable bonds is 2. The lowest BCUT2D eigenvalue weighted by Crippen LogP contribution is -2.50. The molecule has 0 saturated carbocycles. The summed E-state index contributed by atoms with van der Waals surface area (Å²) < 4.78 is 23.2. The molecule has 21 heavy (non-hydrogen) atoms. The largest absolute Gasteiger partial charge is 0.384 e. The molecule has 0 aliphatic carbocycles. The molecule has 2 aliphatic rings. The maximum Gasteiger partial charge on any atom is 0.223 e. The summed E-state index contributed by atoms with van der Waals surface area (Å²) in [4.78, 5) is 14.2.